The maximum absolute atomic E-state index is 4.50. The fourth-order valence-corrected chi connectivity index (χ4v) is 4.20. The van der Waals surface area contributed by atoms with Crippen LogP contribution in [0.25, 0.3) is 0 Å². The van der Waals surface area contributed by atoms with Crippen LogP contribution in [0.2, 0.25) is 0 Å². The summed E-state index contributed by atoms with van der Waals surface area (Å²) in [7, 11) is 2.06. The Bertz CT molecular complexity index is 440. The fraction of sp³-hybridized carbons (Fsp3) is 0.786. The van der Waals surface area contributed by atoms with E-state index < -0.39 is 0 Å². The molecule has 18 heavy (non-hydrogen) atoms. The highest BCUT2D eigenvalue weighted by atomic mass is 79.9. The predicted molar refractivity (Wildman–Crippen MR) is 76.4 cm³/mol. The van der Waals surface area contributed by atoms with Gasteiger partial charge >= 0.3 is 0 Å². The van der Waals surface area contributed by atoms with Crippen LogP contribution in [0.15, 0.2) is 4.47 Å². The lowest BCUT2D eigenvalue weighted by Gasteiger charge is -2.31. The van der Waals surface area contributed by atoms with Crippen molar-refractivity contribution in [1.82, 2.24) is 14.7 Å². The first-order valence-electron chi connectivity index (χ1n) is 7.09. The predicted octanol–water partition coefficient (Wildman–Crippen LogP) is 3.26. The fourth-order valence-electron chi connectivity index (χ4n) is 3.74. The zero-order chi connectivity index (χ0) is 12.7. The van der Waals surface area contributed by atoms with Crippen molar-refractivity contribution in [2.24, 2.45) is 13.0 Å². The number of hydrogen-bond acceptors (Lipinski definition) is 2. The molecule has 0 bridgehead atoms. The quantitative estimate of drug-likeness (QED) is 0.836. The van der Waals surface area contributed by atoms with Crippen molar-refractivity contribution in [2.75, 3.05) is 6.54 Å². The normalized spacial score (nSPS) is 28.6. The van der Waals surface area contributed by atoms with Crippen molar-refractivity contribution >= 4 is 15.9 Å². The minimum absolute atomic E-state index is 0.834. The Morgan fingerprint density at radius 2 is 2.06 bits per heavy atom. The third-order valence-corrected chi connectivity index (χ3v) is 5.77. The van der Waals surface area contributed by atoms with Crippen molar-refractivity contribution in [3.8, 4) is 0 Å². The summed E-state index contributed by atoms with van der Waals surface area (Å²) in [5.41, 5.74) is 2.44. The third-order valence-electron chi connectivity index (χ3n) is 4.74. The summed E-state index contributed by atoms with van der Waals surface area (Å²) in [6.07, 6.45) is 7.12. The molecule has 3 rings (SSSR count). The zero-order valence-corrected chi connectivity index (χ0v) is 12.9. The second-order valence-corrected chi connectivity index (χ2v) is 6.63. The van der Waals surface area contributed by atoms with E-state index in [9.17, 15) is 0 Å². The smallest absolute Gasteiger partial charge is 0.0739 e. The van der Waals surface area contributed by atoms with Crippen LogP contribution in [0.4, 0.5) is 0 Å². The summed E-state index contributed by atoms with van der Waals surface area (Å²) in [4.78, 5) is 2.69. The first kappa shape index (κ1) is 12.7. The molecular formula is C14H22BrN3. The van der Waals surface area contributed by atoms with Gasteiger partial charge in [-0.25, -0.2) is 0 Å². The highest BCUT2D eigenvalue weighted by molar-refractivity contribution is 9.10. The molecule has 2 atom stereocenters. The lowest BCUT2D eigenvalue weighted by molar-refractivity contribution is 0.172. The molecule has 0 amide bonds. The molecule has 1 saturated carbocycles. The largest absolute Gasteiger partial charge is 0.294 e. The summed E-state index contributed by atoms with van der Waals surface area (Å²) in [6.45, 7) is 4.39. The van der Waals surface area contributed by atoms with Gasteiger partial charge in [-0.15, -0.1) is 0 Å². The van der Waals surface area contributed by atoms with E-state index in [1.54, 1.807) is 0 Å². The SMILES string of the molecule is Cc1nn(C)c(CN2CCC3CCCCC32)c1Br. The number of likely N-dealkylation sites (tertiary alicyclic amines) is 1. The molecule has 1 aromatic heterocycles. The molecule has 0 N–H and O–H groups in total. The van der Waals surface area contributed by atoms with Crippen molar-refractivity contribution in [3.05, 3.63) is 15.9 Å². The van der Waals surface area contributed by atoms with E-state index >= 15 is 0 Å². The van der Waals surface area contributed by atoms with Gasteiger partial charge in [-0.3, -0.25) is 9.58 Å². The highest BCUT2D eigenvalue weighted by Crippen LogP contribution is 2.37. The lowest BCUT2D eigenvalue weighted by atomic mass is 9.85. The standard InChI is InChI=1S/C14H22BrN3/c1-10-14(15)13(17(2)16-10)9-18-8-7-11-5-3-4-6-12(11)18/h11-12H,3-9H2,1-2H3. The summed E-state index contributed by atoms with van der Waals surface area (Å²) in [5, 5.41) is 4.50. The van der Waals surface area contributed by atoms with Crippen molar-refractivity contribution in [2.45, 2.75) is 51.6 Å². The number of aromatic nitrogens is 2. The molecule has 3 nitrogen and oxygen atoms in total. The Hall–Kier alpha value is -0.350. The topological polar surface area (TPSA) is 21.1 Å². The van der Waals surface area contributed by atoms with Crippen LogP contribution in [0, 0.1) is 12.8 Å². The Kier molecular flexibility index (Phi) is 3.50. The van der Waals surface area contributed by atoms with Gasteiger partial charge in [-0.05, 0) is 54.6 Å². The molecule has 1 aromatic rings. The maximum atomic E-state index is 4.50. The molecule has 0 spiro atoms. The number of hydrogen-bond donors (Lipinski definition) is 0. The second kappa shape index (κ2) is 4.97. The van der Waals surface area contributed by atoms with Crippen molar-refractivity contribution < 1.29 is 0 Å². The number of nitrogens with zero attached hydrogens (tertiary/aromatic N) is 3. The number of aryl methyl sites for hydroxylation is 2. The van der Waals surface area contributed by atoms with E-state index in [1.165, 1.54) is 48.8 Å². The van der Waals surface area contributed by atoms with Gasteiger partial charge < -0.3 is 0 Å². The lowest BCUT2D eigenvalue weighted by Crippen LogP contribution is -2.34. The van der Waals surface area contributed by atoms with Crippen LogP contribution < -0.4 is 0 Å². The van der Waals surface area contributed by atoms with E-state index in [0.29, 0.717) is 0 Å². The molecule has 100 valence electrons. The third kappa shape index (κ3) is 2.14. The van der Waals surface area contributed by atoms with Crippen molar-refractivity contribution in [1.29, 1.82) is 0 Å². The second-order valence-electron chi connectivity index (χ2n) is 5.84. The van der Waals surface area contributed by atoms with Crippen LogP contribution >= 0.6 is 15.9 Å². The molecule has 4 heteroatoms. The molecule has 2 aliphatic rings. The molecule has 1 aliphatic carbocycles. The molecule has 2 fully saturated rings. The van der Waals surface area contributed by atoms with Crippen molar-refractivity contribution in [3.63, 3.8) is 0 Å². The maximum Gasteiger partial charge on any atom is 0.0739 e. The van der Waals surface area contributed by atoms with Crippen LogP contribution in [0.3, 0.4) is 0 Å². The molecule has 0 aromatic carbocycles. The van der Waals surface area contributed by atoms with Gasteiger partial charge in [0, 0.05) is 19.6 Å². The van der Waals surface area contributed by atoms with Gasteiger partial charge in [0.1, 0.15) is 0 Å². The van der Waals surface area contributed by atoms with Gasteiger partial charge in [0.2, 0.25) is 0 Å². The van der Waals surface area contributed by atoms with E-state index in [0.717, 1.165) is 24.2 Å². The van der Waals surface area contributed by atoms with E-state index in [1.807, 2.05) is 4.68 Å². The van der Waals surface area contributed by atoms with E-state index in [4.69, 9.17) is 0 Å². The van der Waals surface area contributed by atoms with Gasteiger partial charge in [0.05, 0.1) is 15.9 Å². The summed E-state index contributed by atoms with van der Waals surface area (Å²) < 4.78 is 3.24. The number of fused-ring (bicyclic) bond motifs is 1. The molecule has 2 unspecified atom stereocenters. The average molecular weight is 312 g/mol. The monoisotopic (exact) mass is 311 g/mol. The minimum atomic E-state index is 0.834. The van der Waals surface area contributed by atoms with Gasteiger partial charge in [0.25, 0.3) is 0 Å². The van der Waals surface area contributed by atoms with Crippen LogP contribution in [-0.2, 0) is 13.6 Å². The van der Waals surface area contributed by atoms with E-state index in [2.05, 4.69) is 39.9 Å². The Morgan fingerprint density at radius 3 is 2.78 bits per heavy atom. The first-order chi connectivity index (χ1) is 8.66. The summed E-state index contributed by atoms with van der Waals surface area (Å²) in [6, 6.07) is 0.834. The molecule has 1 aliphatic heterocycles. The Morgan fingerprint density at radius 1 is 1.28 bits per heavy atom. The molecule has 2 heterocycles. The van der Waals surface area contributed by atoms with Gasteiger partial charge in [-0.2, -0.15) is 5.10 Å². The first-order valence-corrected chi connectivity index (χ1v) is 7.88. The van der Waals surface area contributed by atoms with Crippen LogP contribution in [0.1, 0.15) is 43.5 Å². The van der Waals surface area contributed by atoms with Crippen LogP contribution in [-0.4, -0.2) is 27.3 Å². The molecule has 1 saturated heterocycles. The number of halogens is 1. The average Bonchev–Trinajstić information content (AvgIpc) is 2.87. The van der Waals surface area contributed by atoms with Gasteiger partial charge in [0.15, 0.2) is 0 Å². The van der Waals surface area contributed by atoms with E-state index in [-0.39, 0.29) is 0 Å². The van der Waals surface area contributed by atoms with Crippen LogP contribution in [0.5, 0.6) is 0 Å². The highest BCUT2D eigenvalue weighted by Gasteiger charge is 2.36. The minimum Gasteiger partial charge on any atom is -0.294 e. The molecule has 0 radical (unpaired) electrons. The van der Waals surface area contributed by atoms with Gasteiger partial charge in [-0.1, -0.05) is 12.8 Å². The molecular weight excluding hydrogens is 290 g/mol. The summed E-state index contributed by atoms with van der Waals surface area (Å²) in [5.74, 6) is 0.965. The number of rotatable bonds is 2. The Balaban J connectivity index is 1.76. The zero-order valence-electron chi connectivity index (χ0n) is 11.3. The Labute approximate surface area is 118 Å². The summed E-state index contributed by atoms with van der Waals surface area (Å²) >= 11 is 3.69.